The predicted molar refractivity (Wildman–Crippen MR) is 97.1 cm³/mol. The average Bonchev–Trinajstić information content (AvgIpc) is 2.80. The van der Waals surface area contributed by atoms with Crippen LogP contribution in [0.4, 0.5) is 21.5 Å². The van der Waals surface area contributed by atoms with Crippen LogP contribution in [0.3, 0.4) is 0 Å². The fourth-order valence-corrected chi connectivity index (χ4v) is 4.58. The molecule has 1 fully saturated rings. The van der Waals surface area contributed by atoms with E-state index in [9.17, 15) is 4.39 Å². The number of rotatable bonds is 2. The number of fused-ring (bicyclic) bond motifs is 3. The van der Waals surface area contributed by atoms with E-state index in [2.05, 4.69) is 27.7 Å². The molecule has 130 valence electrons. The monoisotopic (exact) mass is 339 g/mol. The Balaban J connectivity index is 1.58. The molecule has 2 atom stereocenters. The molecule has 2 N–H and O–H groups in total. The summed E-state index contributed by atoms with van der Waals surface area (Å²) in [7, 11) is 0. The number of ether oxygens (including phenoxy) is 1. The third kappa shape index (κ3) is 2.50. The van der Waals surface area contributed by atoms with Crippen molar-refractivity contribution >= 4 is 17.1 Å². The number of nitrogens with one attached hydrogen (secondary N) is 2. The Morgan fingerprint density at radius 2 is 2.16 bits per heavy atom. The molecule has 3 aliphatic rings. The fourth-order valence-electron chi connectivity index (χ4n) is 4.58. The minimum absolute atomic E-state index is 0.232. The molecule has 0 radical (unpaired) electrons. The van der Waals surface area contributed by atoms with Gasteiger partial charge < -0.3 is 20.3 Å². The van der Waals surface area contributed by atoms with Crippen molar-refractivity contribution in [3.8, 4) is 0 Å². The molecule has 0 saturated carbocycles. The van der Waals surface area contributed by atoms with Gasteiger partial charge in [0.15, 0.2) is 0 Å². The molecule has 0 spiro atoms. The maximum absolute atomic E-state index is 14.0. The van der Waals surface area contributed by atoms with Crippen molar-refractivity contribution < 1.29 is 9.13 Å². The molecule has 25 heavy (non-hydrogen) atoms. The average molecular weight is 339 g/mol. The highest BCUT2D eigenvalue weighted by molar-refractivity contribution is 5.74. The molecule has 1 saturated heterocycles. The van der Waals surface area contributed by atoms with Gasteiger partial charge in [-0.05, 0) is 42.8 Å². The minimum atomic E-state index is -0.232. The van der Waals surface area contributed by atoms with E-state index in [1.165, 1.54) is 22.9 Å². The molecule has 0 aromatic heterocycles. The second-order valence-corrected chi connectivity index (χ2v) is 7.09. The van der Waals surface area contributed by atoms with E-state index >= 15 is 0 Å². The Morgan fingerprint density at radius 3 is 3.08 bits per heavy atom. The second-order valence-electron chi connectivity index (χ2n) is 7.09. The smallest absolute Gasteiger partial charge is 0.146 e. The largest absolute Gasteiger partial charge is 0.375 e. The number of piperidine rings is 1. The van der Waals surface area contributed by atoms with Gasteiger partial charge in [0.2, 0.25) is 0 Å². The maximum Gasteiger partial charge on any atom is 0.146 e. The molecule has 3 heterocycles. The molecule has 2 unspecified atom stereocenters. The first-order chi connectivity index (χ1) is 12.3. The summed E-state index contributed by atoms with van der Waals surface area (Å²) in [5, 5.41) is 6.80. The summed E-state index contributed by atoms with van der Waals surface area (Å²) in [6.45, 7) is 4.43. The van der Waals surface area contributed by atoms with Gasteiger partial charge in [0.1, 0.15) is 5.82 Å². The van der Waals surface area contributed by atoms with Crippen LogP contribution in [-0.4, -0.2) is 32.3 Å². The van der Waals surface area contributed by atoms with Gasteiger partial charge in [0.25, 0.3) is 0 Å². The van der Waals surface area contributed by atoms with Crippen LogP contribution in [0.2, 0.25) is 0 Å². The van der Waals surface area contributed by atoms with Crippen molar-refractivity contribution in [2.45, 2.75) is 25.0 Å². The lowest BCUT2D eigenvalue weighted by Gasteiger charge is -2.33. The van der Waals surface area contributed by atoms with Crippen LogP contribution in [0.5, 0.6) is 0 Å². The lowest BCUT2D eigenvalue weighted by atomic mass is 9.89. The quantitative estimate of drug-likeness (QED) is 0.880. The number of anilines is 3. The van der Waals surface area contributed by atoms with E-state index in [0.29, 0.717) is 24.3 Å². The zero-order chi connectivity index (χ0) is 16.8. The SMILES string of the molecule is Fc1ccccc1Nc1cc2c3c(c1)C1CNCCC1N3CCOC2. The van der Waals surface area contributed by atoms with E-state index in [1.807, 2.05) is 6.07 Å². The maximum atomic E-state index is 14.0. The third-order valence-electron chi connectivity index (χ3n) is 5.64. The lowest BCUT2D eigenvalue weighted by Crippen LogP contribution is -2.44. The summed E-state index contributed by atoms with van der Waals surface area (Å²) in [6, 6.07) is 11.7. The number of nitrogens with zero attached hydrogens (tertiary/aromatic N) is 1. The van der Waals surface area contributed by atoms with E-state index in [-0.39, 0.29) is 5.82 Å². The van der Waals surface area contributed by atoms with E-state index < -0.39 is 0 Å². The van der Waals surface area contributed by atoms with Gasteiger partial charge in [-0.15, -0.1) is 0 Å². The van der Waals surface area contributed by atoms with Crippen LogP contribution >= 0.6 is 0 Å². The highest BCUT2D eigenvalue weighted by atomic mass is 19.1. The van der Waals surface area contributed by atoms with Crippen molar-refractivity contribution in [2.75, 3.05) is 36.5 Å². The molecule has 0 bridgehead atoms. The van der Waals surface area contributed by atoms with Crippen LogP contribution in [-0.2, 0) is 11.3 Å². The molecule has 0 aliphatic carbocycles. The lowest BCUT2D eigenvalue weighted by molar-refractivity contribution is 0.130. The Kier molecular flexibility index (Phi) is 3.64. The van der Waals surface area contributed by atoms with Crippen LogP contribution in [0, 0.1) is 5.82 Å². The Labute approximate surface area is 147 Å². The first-order valence-electron chi connectivity index (χ1n) is 9.05. The summed E-state index contributed by atoms with van der Waals surface area (Å²) in [5.41, 5.74) is 5.39. The highest BCUT2D eigenvalue weighted by Gasteiger charge is 2.41. The molecule has 3 aliphatic heterocycles. The highest BCUT2D eigenvalue weighted by Crippen LogP contribution is 2.47. The third-order valence-corrected chi connectivity index (χ3v) is 5.64. The topological polar surface area (TPSA) is 36.5 Å². The van der Waals surface area contributed by atoms with Gasteiger partial charge in [-0.1, -0.05) is 12.1 Å². The second kappa shape index (κ2) is 6.00. The number of benzene rings is 2. The van der Waals surface area contributed by atoms with Gasteiger partial charge in [-0.25, -0.2) is 4.39 Å². The van der Waals surface area contributed by atoms with Gasteiger partial charge >= 0.3 is 0 Å². The van der Waals surface area contributed by atoms with Crippen molar-refractivity contribution in [3.63, 3.8) is 0 Å². The molecule has 5 rings (SSSR count). The standard InChI is InChI=1S/C20H22FN3O/c21-17-3-1-2-4-18(17)23-14-9-13-12-25-8-7-24-19-5-6-22-11-16(19)15(10-14)20(13)24/h1-4,9-10,16,19,22-23H,5-8,11-12H2. The van der Waals surface area contributed by atoms with Gasteiger partial charge in [0.05, 0.1) is 18.9 Å². The van der Waals surface area contributed by atoms with Gasteiger partial charge in [-0.3, -0.25) is 0 Å². The van der Waals surface area contributed by atoms with E-state index in [1.54, 1.807) is 12.1 Å². The van der Waals surface area contributed by atoms with Crippen molar-refractivity contribution in [1.82, 2.24) is 5.32 Å². The first-order valence-corrected chi connectivity index (χ1v) is 9.05. The van der Waals surface area contributed by atoms with Crippen LogP contribution in [0.15, 0.2) is 36.4 Å². The van der Waals surface area contributed by atoms with Crippen molar-refractivity contribution in [2.24, 2.45) is 0 Å². The molecule has 0 amide bonds. The Bertz CT molecular complexity index is 810. The van der Waals surface area contributed by atoms with Crippen LogP contribution in [0.25, 0.3) is 0 Å². The zero-order valence-electron chi connectivity index (χ0n) is 14.1. The Morgan fingerprint density at radius 1 is 1.24 bits per heavy atom. The zero-order valence-corrected chi connectivity index (χ0v) is 14.1. The number of halogens is 1. The summed E-state index contributed by atoms with van der Waals surface area (Å²) in [5.74, 6) is 0.270. The summed E-state index contributed by atoms with van der Waals surface area (Å²) in [4.78, 5) is 2.55. The number of hydrogen-bond donors (Lipinski definition) is 2. The molecule has 4 nitrogen and oxygen atoms in total. The van der Waals surface area contributed by atoms with E-state index in [4.69, 9.17) is 4.74 Å². The molecule has 2 aromatic rings. The summed E-state index contributed by atoms with van der Waals surface area (Å²) in [6.07, 6.45) is 1.16. The minimum Gasteiger partial charge on any atom is -0.375 e. The number of para-hydroxylation sites is 1. The molecular weight excluding hydrogens is 317 g/mol. The Hall–Kier alpha value is -2.11. The summed E-state index contributed by atoms with van der Waals surface area (Å²) >= 11 is 0. The molecule has 5 heteroatoms. The molecule has 2 aromatic carbocycles. The predicted octanol–water partition coefficient (Wildman–Crippen LogP) is 3.37. The van der Waals surface area contributed by atoms with Crippen LogP contribution in [0.1, 0.15) is 23.5 Å². The van der Waals surface area contributed by atoms with E-state index in [0.717, 1.165) is 38.3 Å². The summed E-state index contributed by atoms with van der Waals surface area (Å²) < 4.78 is 19.9. The van der Waals surface area contributed by atoms with Gasteiger partial charge in [-0.2, -0.15) is 0 Å². The van der Waals surface area contributed by atoms with Crippen molar-refractivity contribution in [1.29, 1.82) is 0 Å². The fraction of sp³-hybridized carbons (Fsp3) is 0.400. The van der Waals surface area contributed by atoms with Crippen LogP contribution < -0.4 is 15.5 Å². The van der Waals surface area contributed by atoms with Crippen molar-refractivity contribution in [3.05, 3.63) is 53.3 Å². The normalized spacial score (nSPS) is 24.4. The first kappa shape index (κ1) is 15.2. The number of hydrogen-bond acceptors (Lipinski definition) is 4. The molecular formula is C20H22FN3O. The van der Waals surface area contributed by atoms with Gasteiger partial charge in [0, 0.05) is 42.0 Å².